The van der Waals surface area contributed by atoms with Gasteiger partial charge >= 0.3 is 0 Å². The van der Waals surface area contributed by atoms with Crippen molar-refractivity contribution in [3.05, 3.63) is 67.6 Å². The van der Waals surface area contributed by atoms with Crippen molar-refractivity contribution in [2.24, 2.45) is 5.73 Å². The number of halogens is 3. The predicted molar refractivity (Wildman–Crippen MR) is 90.6 cm³/mol. The van der Waals surface area contributed by atoms with Crippen molar-refractivity contribution in [2.75, 3.05) is 0 Å². The van der Waals surface area contributed by atoms with Crippen molar-refractivity contribution in [3.8, 4) is 0 Å². The maximum Gasteiger partial charge on any atom is 0.0467 e. The lowest BCUT2D eigenvalue weighted by Crippen LogP contribution is -2.35. The van der Waals surface area contributed by atoms with Crippen LogP contribution in [0.15, 0.2) is 40.9 Å². The number of aryl methyl sites for hydroxylation is 1. The molecule has 2 N–H and O–H groups in total. The summed E-state index contributed by atoms with van der Waals surface area (Å²) >= 11 is 16.0. The monoisotopic (exact) mass is 371 g/mol. The fraction of sp³-hybridized carbons (Fsp3) is 0.250. The quantitative estimate of drug-likeness (QED) is 0.758. The van der Waals surface area contributed by atoms with Gasteiger partial charge in [0.2, 0.25) is 0 Å². The molecule has 0 bridgehead atoms. The first-order valence-electron chi connectivity index (χ1n) is 6.29. The Balaban J connectivity index is 2.35. The van der Waals surface area contributed by atoms with E-state index in [1.165, 1.54) is 0 Å². The van der Waals surface area contributed by atoms with Crippen LogP contribution in [0.5, 0.6) is 0 Å². The van der Waals surface area contributed by atoms with Crippen molar-refractivity contribution < 1.29 is 0 Å². The van der Waals surface area contributed by atoms with Crippen LogP contribution in [-0.2, 0) is 12.0 Å². The van der Waals surface area contributed by atoms with E-state index in [1.54, 1.807) is 0 Å². The van der Waals surface area contributed by atoms with Crippen LogP contribution in [0.2, 0.25) is 10.0 Å². The van der Waals surface area contributed by atoms with Gasteiger partial charge in [-0.05, 0) is 55.2 Å². The first kappa shape index (κ1) is 15.8. The third-order valence-electron chi connectivity index (χ3n) is 3.31. The highest BCUT2D eigenvalue weighted by molar-refractivity contribution is 9.10. The average Bonchev–Trinajstić information content (AvgIpc) is 2.32. The van der Waals surface area contributed by atoms with Gasteiger partial charge in [-0.15, -0.1) is 0 Å². The van der Waals surface area contributed by atoms with Crippen LogP contribution >= 0.6 is 39.1 Å². The van der Waals surface area contributed by atoms with E-state index in [-0.39, 0.29) is 0 Å². The van der Waals surface area contributed by atoms with Crippen molar-refractivity contribution >= 4 is 39.1 Å². The number of hydrogen-bond acceptors (Lipinski definition) is 1. The number of benzene rings is 2. The molecule has 0 aliphatic carbocycles. The summed E-state index contributed by atoms with van der Waals surface area (Å²) in [6.45, 7) is 3.99. The Labute approximate surface area is 138 Å². The molecule has 0 saturated heterocycles. The third kappa shape index (κ3) is 3.56. The summed E-state index contributed by atoms with van der Waals surface area (Å²) in [5.41, 5.74) is 8.98. The van der Waals surface area contributed by atoms with Crippen LogP contribution in [0.3, 0.4) is 0 Å². The molecule has 0 aliphatic rings. The molecule has 1 nitrogen and oxygen atoms in total. The van der Waals surface area contributed by atoms with Gasteiger partial charge in [0.05, 0.1) is 0 Å². The zero-order valence-electron chi connectivity index (χ0n) is 11.4. The van der Waals surface area contributed by atoms with Crippen molar-refractivity contribution in [1.82, 2.24) is 0 Å². The zero-order valence-corrected chi connectivity index (χ0v) is 14.5. The maximum absolute atomic E-state index is 6.47. The van der Waals surface area contributed by atoms with Crippen LogP contribution < -0.4 is 5.73 Å². The lowest BCUT2D eigenvalue weighted by atomic mass is 9.86. The number of rotatable bonds is 3. The molecule has 20 heavy (non-hydrogen) atoms. The molecular formula is C16H16BrCl2N. The second kappa shape index (κ2) is 6.07. The first-order valence-corrected chi connectivity index (χ1v) is 7.84. The number of nitrogens with two attached hydrogens (primary N) is 1. The summed E-state index contributed by atoms with van der Waals surface area (Å²) in [6, 6.07) is 11.8. The molecule has 4 heteroatoms. The van der Waals surface area contributed by atoms with Gasteiger partial charge in [-0.25, -0.2) is 0 Å². The Bertz CT molecular complexity index is 638. The highest BCUT2D eigenvalue weighted by atomic mass is 79.9. The van der Waals surface area contributed by atoms with Crippen LogP contribution in [0.4, 0.5) is 0 Å². The standard InChI is InChI=1S/C16H16BrCl2N/c1-10-3-4-11(14(18)7-10)9-16(2,20)13-6-5-12(17)8-15(13)19/h3-8H,9,20H2,1-2H3. The van der Waals surface area contributed by atoms with Gasteiger partial charge < -0.3 is 5.73 Å². The van der Waals surface area contributed by atoms with Gasteiger partial charge in [0, 0.05) is 20.1 Å². The molecule has 1 unspecified atom stereocenters. The summed E-state index contributed by atoms with van der Waals surface area (Å²) in [5, 5.41) is 1.41. The zero-order chi connectivity index (χ0) is 14.9. The molecule has 0 saturated carbocycles. The topological polar surface area (TPSA) is 26.0 Å². The molecular weight excluding hydrogens is 357 g/mol. The SMILES string of the molecule is Cc1ccc(CC(C)(N)c2ccc(Br)cc2Cl)c(Cl)c1. The van der Waals surface area contributed by atoms with Crippen molar-refractivity contribution in [3.63, 3.8) is 0 Å². The molecule has 0 spiro atoms. The van der Waals surface area contributed by atoms with Crippen molar-refractivity contribution in [1.29, 1.82) is 0 Å². The van der Waals surface area contributed by atoms with E-state index in [9.17, 15) is 0 Å². The van der Waals surface area contributed by atoms with Gasteiger partial charge in [0.15, 0.2) is 0 Å². The highest BCUT2D eigenvalue weighted by Crippen LogP contribution is 2.33. The Kier molecular flexibility index (Phi) is 4.80. The Morgan fingerprint density at radius 2 is 1.80 bits per heavy atom. The Morgan fingerprint density at radius 3 is 2.40 bits per heavy atom. The first-order chi connectivity index (χ1) is 9.29. The predicted octanol–water partition coefficient (Wildman–Crippen LogP) is 5.48. The molecule has 0 aliphatic heterocycles. The van der Waals surface area contributed by atoms with E-state index in [0.717, 1.165) is 26.2 Å². The second-order valence-electron chi connectivity index (χ2n) is 5.31. The third-order valence-corrected chi connectivity index (χ3v) is 4.47. The van der Waals surface area contributed by atoms with Gasteiger partial charge in [0.25, 0.3) is 0 Å². The van der Waals surface area contributed by atoms with Gasteiger partial charge in [-0.2, -0.15) is 0 Å². The molecule has 2 aromatic carbocycles. The molecule has 0 fully saturated rings. The summed E-state index contributed by atoms with van der Waals surface area (Å²) < 4.78 is 0.940. The second-order valence-corrected chi connectivity index (χ2v) is 7.04. The van der Waals surface area contributed by atoms with Crippen LogP contribution in [0.25, 0.3) is 0 Å². The van der Waals surface area contributed by atoms with Gasteiger partial charge in [0.1, 0.15) is 0 Å². The van der Waals surface area contributed by atoms with E-state index in [1.807, 2.05) is 50.2 Å². The highest BCUT2D eigenvalue weighted by Gasteiger charge is 2.25. The fourth-order valence-electron chi connectivity index (χ4n) is 2.24. The van der Waals surface area contributed by atoms with Gasteiger partial charge in [-0.1, -0.05) is 57.3 Å². The minimum absolute atomic E-state index is 0.573. The minimum atomic E-state index is -0.573. The molecule has 1 atom stereocenters. The summed E-state index contributed by atoms with van der Waals surface area (Å²) in [5.74, 6) is 0. The van der Waals surface area contributed by atoms with Crippen LogP contribution in [0.1, 0.15) is 23.6 Å². The molecule has 0 aromatic heterocycles. The van der Waals surface area contributed by atoms with Crippen LogP contribution in [-0.4, -0.2) is 0 Å². The molecule has 106 valence electrons. The van der Waals surface area contributed by atoms with E-state index >= 15 is 0 Å². The van der Waals surface area contributed by atoms with Crippen molar-refractivity contribution in [2.45, 2.75) is 25.8 Å². The van der Waals surface area contributed by atoms with E-state index in [4.69, 9.17) is 28.9 Å². The summed E-state index contributed by atoms with van der Waals surface area (Å²) in [4.78, 5) is 0. The van der Waals surface area contributed by atoms with E-state index in [2.05, 4.69) is 15.9 Å². The average molecular weight is 373 g/mol. The van der Waals surface area contributed by atoms with E-state index < -0.39 is 5.54 Å². The minimum Gasteiger partial charge on any atom is -0.321 e. The largest absolute Gasteiger partial charge is 0.321 e. The maximum atomic E-state index is 6.47. The summed E-state index contributed by atoms with van der Waals surface area (Å²) in [7, 11) is 0. The van der Waals surface area contributed by atoms with Crippen LogP contribution in [0, 0.1) is 6.92 Å². The van der Waals surface area contributed by atoms with Gasteiger partial charge in [-0.3, -0.25) is 0 Å². The molecule has 2 aromatic rings. The smallest absolute Gasteiger partial charge is 0.0467 e. The Morgan fingerprint density at radius 1 is 1.10 bits per heavy atom. The summed E-state index contributed by atoms with van der Waals surface area (Å²) in [6.07, 6.45) is 0.632. The van der Waals surface area contributed by atoms with E-state index in [0.29, 0.717) is 11.4 Å². The molecule has 0 heterocycles. The number of hydrogen-bond donors (Lipinski definition) is 1. The lowest BCUT2D eigenvalue weighted by Gasteiger charge is -2.27. The lowest BCUT2D eigenvalue weighted by molar-refractivity contribution is 0.491. The normalized spacial score (nSPS) is 14.1. The molecule has 0 amide bonds. The molecule has 0 radical (unpaired) electrons. The Hall–Kier alpha value is -0.540. The molecule has 2 rings (SSSR count). The fourth-order valence-corrected chi connectivity index (χ4v) is 3.43.